The Hall–Kier alpha value is -9.40. The van der Waals surface area contributed by atoms with Gasteiger partial charge in [-0.3, -0.25) is 16.4 Å². The van der Waals surface area contributed by atoms with E-state index in [9.17, 15) is 0 Å². The first-order valence-corrected chi connectivity index (χ1v) is 51.7. The Morgan fingerprint density at radius 1 is 0.197 bits per heavy atom. The topological polar surface area (TPSA) is 19.7 Å². The van der Waals surface area contributed by atoms with Crippen molar-refractivity contribution in [2.75, 3.05) is 0 Å². The van der Waals surface area contributed by atoms with Crippen molar-refractivity contribution in [1.29, 1.82) is 0 Å². The van der Waals surface area contributed by atoms with Crippen LogP contribution in [-0.2, 0) is 10.8 Å². The first-order chi connectivity index (χ1) is 57.7. The van der Waals surface area contributed by atoms with E-state index in [-0.39, 0.29) is 10.8 Å². The lowest BCUT2D eigenvalue weighted by Crippen LogP contribution is -2.08. The van der Waals surface area contributed by atoms with Crippen LogP contribution in [0.3, 0.4) is 0 Å². The molecular formula is C112H124N4P6. The van der Waals surface area contributed by atoms with Gasteiger partial charge in [0.2, 0.25) is 0 Å². The summed E-state index contributed by atoms with van der Waals surface area (Å²) in [5, 5.41) is 3.33. The molecule has 0 radical (unpaired) electrons. The van der Waals surface area contributed by atoms with Gasteiger partial charge in [0.15, 0.2) is 0 Å². The molecule has 122 heavy (non-hydrogen) atoms. The van der Waals surface area contributed by atoms with Crippen LogP contribution >= 0.6 is 45.7 Å². The Morgan fingerprint density at radius 3 is 0.475 bits per heavy atom. The number of rotatable bonds is 12. The molecule has 4 nitrogen and oxygen atoms in total. The maximum atomic E-state index is 2.94. The van der Waals surface area contributed by atoms with E-state index in [1.54, 1.807) is 10.1 Å². The van der Waals surface area contributed by atoms with Gasteiger partial charge >= 0.3 is 0 Å². The van der Waals surface area contributed by atoms with Crippen LogP contribution in [0.2, 0.25) is 0 Å². The Morgan fingerprint density at radius 2 is 0.336 bits per heavy atom. The lowest BCUT2D eigenvalue weighted by atomic mass is 9.87. The molecule has 622 valence electrons. The first-order valence-electron chi connectivity index (χ1n) is 43.5. The number of hydrogen-bond acceptors (Lipinski definition) is 0. The quantitative estimate of drug-likeness (QED) is 0.116. The summed E-state index contributed by atoms with van der Waals surface area (Å²) in [5.74, 6) is 0. The smallest absolute Gasteiger partial charge is 0.110 e. The van der Waals surface area contributed by atoms with E-state index < -0.39 is 29.0 Å². The third-order valence-electron chi connectivity index (χ3n) is 24.6. The minimum Gasteiger partial charge on any atom is -0.259 e. The number of hydrogen-bond donors (Lipinski definition) is 0. The molecule has 4 aromatic heterocycles. The molecule has 4 atom stereocenters. The number of para-hydroxylation sites is 4. The van der Waals surface area contributed by atoms with E-state index in [1.165, 1.54) is 262 Å². The summed E-state index contributed by atoms with van der Waals surface area (Å²) in [6.45, 7) is 69.5. The maximum absolute atomic E-state index is 2.94. The van der Waals surface area contributed by atoms with Crippen LogP contribution in [0, 0.1) is 166 Å². The van der Waals surface area contributed by atoms with Crippen LogP contribution in [0.1, 0.15) is 185 Å². The van der Waals surface area contributed by atoms with Gasteiger partial charge in [0.25, 0.3) is 0 Å². The summed E-state index contributed by atoms with van der Waals surface area (Å²) >= 11 is 0. The van der Waals surface area contributed by atoms with Crippen LogP contribution in [0.25, 0.3) is 112 Å². The summed E-state index contributed by atoms with van der Waals surface area (Å²) < 4.78 is 11.6. The molecule has 17 aromatic rings. The van der Waals surface area contributed by atoms with Crippen molar-refractivity contribution >= 4 is 45.7 Å². The van der Waals surface area contributed by atoms with Crippen LogP contribution in [-0.4, -0.2) is 16.4 Å². The highest BCUT2D eigenvalue weighted by molar-refractivity contribution is 8.15. The second kappa shape index (κ2) is 33.9. The highest BCUT2D eigenvalue weighted by atomic mass is 31.9. The Bertz CT molecular complexity index is 6070. The summed E-state index contributed by atoms with van der Waals surface area (Å²) in [7, 11) is 0.0471. The van der Waals surface area contributed by atoms with Crippen molar-refractivity contribution in [2.45, 2.75) is 219 Å². The number of nitrogens with zero attached hydrogens (tertiary/aromatic N) is 4. The molecule has 4 unspecified atom stereocenters. The lowest BCUT2D eigenvalue weighted by Gasteiger charge is -2.23. The molecule has 4 heterocycles. The van der Waals surface area contributed by atoms with Crippen molar-refractivity contribution in [2.24, 2.45) is 0 Å². The summed E-state index contributed by atoms with van der Waals surface area (Å²) in [6.07, 6.45) is 0. The SMILES string of the molecule is Cc1cc(C)c(-c2cccc(-c3c(C)cc(C)cc3C)c2-n2pc(C(C)(C)C)p3n(-c4c(-c5c(C)cc(C)cc5C)cccc4-c4c(C)cc(C)cc4C)p23)c(C)c1.Cc1cc(C)c(-c2cccc(-c3c(C)cc(C)cc3C)c2-n2pc(C(C)(C)C)p3n(-c4c(-c5c(C)cc(C)cc5C)cccc4-c4c(C)cc(C)cc4C)p23)c(C)c1.c1ccccc1. The van der Waals surface area contributed by atoms with Gasteiger partial charge in [0.05, 0.1) is 37.1 Å². The van der Waals surface area contributed by atoms with E-state index in [4.69, 9.17) is 0 Å². The van der Waals surface area contributed by atoms with Gasteiger partial charge in [-0.15, -0.1) is 0 Å². The Labute approximate surface area is 736 Å². The van der Waals surface area contributed by atoms with Gasteiger partial charge in [-0.1, -0.05) is 292 Å². The molecule has 0 spiro atoms. The lowest BCUT2D eigenvalue weighted by molar-refractivity contribution is 0.614. The Kier molecular flexibility index (Phi) is 24.3. The molecule has 0 saturated carbocycles. The zero-order valence-corrected chi connectivity index (χ0v) is 83.5. The maximum Gasteiger partial charge on any atom is 0.110 e. The highest BCUT2D eigenvalue weighted by Crippen LogP contribution is 2.74. The highest BCUT2D eigenvalue weighted by Gasteiger charge is 2.39. The van der Waals surface area contributed by atoms with E-state index >= 15 is 0 Å². The van der Waals surface area contributed by atoms with Gasteiger partial charge in [-0.2, -0.15) is 0 Å². The van der Waals surface area contributed by atoms with Crippen molar-refractivity contribution in [3.8, 4) is 112 Å². The summed E-state index contributed by atoms with van der Waals surface area (Å²) in [4.78, 5) is 0. The third kappa shape index (κ3) is 16.4. The molecule has 0 aliphatic rings. The van der Waals surface area contributed by atoms with Gasteiger partial charge in [-0.25, -0.2) is 0 Å². The standard InChI is InChI=1S/2C53H59N2P3.C6H6/c2*1-30-22-34(5)46(35(6)23-30)42-18-16-19-43(47-36(7)24-31(2)25-37(47)8)50(42)54-56-52(53(13,14)15)57-55(58(54)57)51-44(48-38(9)26-32(3)27-39(48)10)20-17-21-45(51)49-40(11)28-33(4)29-41(49)12;1-2-4-6-5-3-1/h2*16-29H,1-15H3;1-6H. The second-order valence-electron chi connectivity index (χ2n) is 37.8. The van der Waals surface area contributed by atoms with Crippen LogP contribution < -0.4 is 0 Å². The first kappa shape index (κ1) is 87.5. The van der Waals surface area contributed by atoms with E-state index in [0.717, 1.165) is 0 Å². The fourth-order valence-corrected chi connectivity index (χ4v) is 45.7. The van der Waals surface area contributed by atoms with Gasteiger partial charge in [0.1, 0.15) is 14.7 Å². The molecule has 13 aromatic carbocycles. The number of benzene rings is 13. The van der Waals surface area contributed by atoms with Gasteiger partial charge < -0.3 is 0 Å². The third-order valence-corrected chi connectivity index (χ3v) is 45.0. The zero-order valence-electron chi connectivity index (χ0n) is 78.1. The normalized spacial score (nSPS) is 12.6. The molecule has 17 rings (SSSR count). The second-order valence-corrected chi connectivity index (χ2v) is 51.8. The monoisotopic (exact) mass is 1710 g/mol. The minimum absolute atomic E-state index is 0.0400. The van der Waals surface area contributed by atoms with Crippen molar-refractivity contribution < 1.29 is 0 Å². The molecule has 0 N–H and O–H groups in total. The molecule has 0 saturated heterocycles. The molecule has 0 amide bonds. The largest absolute Gasteiger partial charge is 0.259 e. The summed E-state index contributed by atoms with van der Waals surface area (Å²) in [6, 6.07) is 78.6. The molecule has 0 fully saturated rings. The van der Waals surface area contributed by atoms with Gasteiger partial charge in [0, 0.05) is 71.3 Å². The van der Waals surface area contributed by atoms with Crippen molar-refractivity contribution in [3.05, 3.63) is 350 Å². The molecular weight excluding hydrogens is 1590 g/mol. The molecule has 0 aliphatic carbocycles. The van der Waals surface area contributed by atoms with Gasteiger partial charge in [-0.05, 0) is 311 Å². The van der Waals surface area contributed by atoms with E-state index in [2.05, 4.69) is 394 Å². The number of aromatic nitrogens is 4. The average molecular weight is 1710 g/mol. The predicted molar refractivity (Wildman–Crippen MR) is 544 cm³/mol. The van der Waals surface area contributed by atoms with Crippen LogP contribution in [0.15, 0.2) is 206 Å². The fourth-order valence-electron chi connectivity index (χ4n) is 20.7. The van der Waals surface area contributed by atoms with Crippen molar-refractivity contribution in [3.63, 3.8) is 0 Å². The number of fused-ring (bicyclic) bond motifs is 2. The van der Waals surface area contributed by atoms with E-state index in [1.807, 2.05) is 36.4 Å². The zero-order chi connectivity index (χ0) is 87.6. The average Bonchev–Trinajstić information content (AvgIpc) is 1.52. The molecule has 0 aliphatic heterocycles. The predicted octanol–water partition coefficient (Wildman–Crippen LogP) is 36.2. The van der Waals surface area contributed by atoms with Crippen molar-refractivity contribution in [1.82, 2.24) is 16.4 Å². The number of aryl methyl sites for hydroxylation is 24. The minimum atomic E-state index is -0.728. The Balaban J connectivity index is 0.000000177. The molecule has 10 heteroatoms. The van der Waals surface area contributed by atoms with Crippen LogP contribution in [0.5, 0.6) is 0 Å². The summed E-state index contributed by atoms with van der Waals surface area (Å²) in [5.41, 5.74) is 59.6. The van der Waals surface area contributed by atoms with Crippen LogP contribution in [0.4, 0.5) is 0 Å². The van der Waals surface area contributed by atoms with E-state index in [0.29, 0.717) is 0 Å². The molecule has 0 bridgehead atoms. The fraction of sp³-hybridized carbons (Fsp3) is 0.286.